The first-order valence-corrected chi connectivity index (χ1v) is 7.75. The van der Waals surface area contributed by atoms with Gasteiger partial charge in [-0.25, -0.2) is 0 Å². The fourth-order valence-corrected chi connectivity index (χ4v) is 2.89. The maximum Gasteiger partial charge on any atom is 0.129 e. The van der Waals surface area contributed by atoms with Crippen molar-refractivity contribution in [3.05, 3.63) is 46.0 Å². The molecule has 1 unspecified atom stereocenters. The Kier molecular flexibility index (Phi) is 5.79. The number of nitrogens with zero attached hydrogens (tertiary/aromatic N) is 1. The normalized spacial score (nSPS) is 13.0. The van der Waals surface area contributed by atoms with E-state index in [4.69, 9.17) is 9.52 Å². The Bertz CT molecular complexity index is 491. The molecular formula is C15H21NO3S. The fourth-order valence-electron chi connectivity index (χ4n) is 2.23. The highest BCUT2D eigenvalue weighted by atomic mass is 32.1. The predicted octanol–water partition coefficient (Wildman–Crippen LogP) is 2.61. The molecule has 2 N–H and O–H groups in total. The van der Waals surface area contributed by atoms with Crippen LogP contribution in [0.15, 0.2) is 33.4 Å². The number of aliphatic hydroxyl groups is 2. The standard InChI is InChI=1S/C15H21NO3S/c1-2-13(9-17)16(7-12-5-6-20-11-12)8-14-3-4-15(10-18)19-14/h3-6,11,13,17-18H,2,7-10H2,1H3. The van der Waals surface area contributed by atoms with E-state index in [1.165, 1.54) is 5.56 Å². The number of rotatable bonds is 8. The van der Waals surface area contributed by atoms with Gasteiger partial charge in [-0.15, -0.1) is 0 Å². The molecule has 2 heterocycles. The van der Waals surface area contributed by atoms with Crippen LogP contribution < -0.4 is 0 Å². The molecule has 20 heavy (non-hydrogen) atoms. The zero-order chi connectivity index (χ0) is 14.4. The third-order valence-electron chi connectivity index (χ3n) is 3.40. The van der Waals surface area contributed by atoms with Crippen molar-refractivity contribution in [2.24, 2.45) is 0 Å². The van der Waals surface area contributed by atoms with Gasteiger partial charge in [0.1, 0.15) is 18.1 Å². The molecule has 0 fully saturated rings. The van der Waals surface area contributed by atoms with E-state index in [-0.39, 0.29) is 19.3 Å². The molecule has 0 amide bonds. The third kappa shape index (κ3) is 3.93. The van der Waals surface area contributed by atoms with Crippen LogP contribution in [0.5, 0.6) is 0 Å². The summed E-state index contributed by atoms with van der Waals surface area (Å²) in [7, 11) is 0. The van der Waals surface area contributed by atoms with Gasteiger partial charge in [0.15, 0.2) is 0 Å². The SMILES string of the molecule is CCC(CO)N(Cc1ccsc1)Cc1ccc(CO)o1. The zero-order valence-electron chi connectivity index (χ0n) is 11.7. The van der Waals surface area contributed by atoms with Crippen LogP contribution in [0.25, 0.3) is 0 Å². The van der Waals surface area contributed by atoms with E-state index in [2.05, 4.69) is 28.7 Å². The van der Waals surface area contributed by atoms with E-state index >= 15 is 0 Å². The summed E-state index contributed by atoms with van der Waals surface area (Å²) in [4.78, 5) is 2.21. The van der Waals surface area contributed by atoms with Gasteiger partial charge in [-0.3, -0.25) is 4.90 Å². The highest BCUT2D eigenvalue weighted by Gasteiger charge is 2.18. The molecule has 5 heteroatoms. The summed E-state index contributed by atoms with van der Waals surface area (Å²) in [6.45, 7) is 3.55. The maximum absolute atomic E-state index is 9.54. The number of thiophene rings is 1. The second-order valence-electron chi connectivity index (χ2n) is 4.81. The summed E-state index contributed by atoms with van der Waals surface area (Å²) in [5.74, 6) is 1.39. The van der Waals surface area contributed by atoms with Crippen molar-refractivity contribution in [1.29, 1.82) is 0 Å². The van der Waals surface area contributed by atoms with Gasteiger partial charge >= 0.3 is 0 Å². The van der Waals surface area contributed by atoms with Gasteiger partial charge in [0.05, 0.1) is 13.2 Å². The van der Waals surface area contributed by atoms with Crippen LogP contribution in [0.1, 0.15) is 30.4 Å². The minimum Gasteiger partial charge on any atom is -0.462 e. The topological polar surface area (TPSA) is 56.8 Å². The molecule has 0 saturated heterocycles. The van der Waals surface area contributed by atoms with Crippen LogP contribution in [0.3, 0.4) is 0 Å². The van der Waals surface area contributed by atoms with Crippen molar-refractivity contribution < 1.29 is 14.6 Å². The molecule has 0 saturated carbocycles. The zero-order valence-corrected chi connectivity index (χ0v) is 12.5. The van der Waals surface area contributed by atoms with E-state index in [0.717, 1.165) is 18.7 Å². The Hall–Kier alpha value is -1.14. The van der Waals surface area contributed by atoms with Gasteiger partial charge in [-0.2, -0.15) is 11.3 Å². The van der Waals surface area contributed by atoms with Gasteiger partial charge in [-0.1, -0.05) is 6.92 Å². The molecule has 110 valence electrons. The summed E-state index contributed by atoms with van der Waals surface area (Å²) in [5, 5.41) is 22.8. The van der Waals surface area contributed by atoms with Crippen molar-refractivity contribution >= 4 is 11.3 Å². The highest BCUT2D eigenvalue weighted by Crippen LogP contribution is 2.18. The fraction of sp³-hybridized carbons (Fsp3) is 0.467. The minimum atomic E-state index is -0.0816. The highest BCUT2D eigenvalue weighted by molar-refractivity contribution is 7.07. The average molecular weight is 295 g/mol. The molecule has 0 aliphatic heterocycles. The van der Waals surface area contributed by atoms with Crippen molar-refractivity contribution in [2.45, 2.75) is 39.1 Å². The molecule has 2 rings (SSSR count). The molecular weight excluding hydrogens is 274 g/mol. The molecule has 2 aromatic heterocycles. The molecule has 0 aromatic carbocycles. The lowest BCUT2D eigenvalue weighted by Gasteiger charge is -2.28. The molecule has 0 bridgehead atoms. The van der Waals surface area contributed by atoms with Crippen LogP contribution in [-0.4, -0.2) is 27.8 Å². The first-order chi connectivity index (χ1) is 9.76. The second-order valence-corrected chi connectivity index (χ2v) is 5.59. The number of furan rings is 1. The lowest BCUT2D eigenvalue weighted by Crippen LogP contribution is -2.36. The van der Waals surface area contributed by atoms with Crippen LogP contribution in [-0.2, 0) is 19.7 Å². The van der Waals surface area contributed by atoms with Crippen LogP contribution in [0.2, 0.25) is 0 Å². The summed E-state index contributed by atoms with van der Waals surface area (Å²) in [6, 6.07) is 5.88. The second kappa shape index (κ2) is 7.59. The van der Waals surface area contributed by atoms with Crippen LogP contribution in [0.4, 0.5) is 0 Å². The Morgan fingerprint density at radius 3 is 2.55 bits per heavy atom. The van der Waals surface area contributed by atoms with Gasteiger partial charge in [-0.05, 0) is 40.9 Å². The molecule has 0 aliphatic carbocycles. The molecule has 0 radical (unpaired) electrons. The van der Waals surface area contributed by atoms with Gasteiger partial charge in [0, 0.05) is 12.6 Å². The van der Waals surface area contributed by atoms with Gasteiger partial charge in [0.25, 0.3) is 0 Å². The lowest BCUT2D eigenvalue weighted by atomic mass is 10.1. The summed E-state index contributed by atoms with van der Waals surface area (Å²) < 4.78 is 5.55. The van der Waals surface area contributed by atoms with Crippen molar-refractivity contribution in [2.75, 3.05) is 6.61 Å². The number of hydrogen-bond acceptors (Lipinski definition) is 5. The summed E-state index contributed by atoms with van der Waals surface area (Å²) in [5.41, 5.74) is 1.25. The molecule has 0 aliphatic rings. The Balaban J connectivity index is 2.08. The number of aliphatic hydroxyl groups excluding tert-OH is 2. The molecule has 0 spiro atoms. The monoisotopic (exact) mass is 295 g/mol. The average Bonchev–Trinajstić information content (AvgIpc) is 3.11. The van der Waals surface area contributed by atoms with Gasteiger partial charge < -0.3 is 14.6 Å². The predicted molar refractivity (Wildman–Crippen MR) is 79.4 cm³/mol. The van der Waals surface area contributed by atoms with E-state index in [1.54, 1.807) is 17.4 Å². The van der Waals surface area contributed by atoms with Crippen molar-refractivity contribution in [3.63, 3.8) is 0 Å². The number of hydrogen-bond donors (Lipinski definition) is 2. The Labute approximate surface area is 123 Å². The molecule has 4 nitrogen and oxygen atoms in total. The molecule has 1 atom stereocenters. The van der Waals surface area contributed by atoms with Crippen molar-refractivity contribution in [1.82, 2.24) is 4.90 Å². The summed E-state index contributed by atoms with van der Waals surface area (Å²) in [6.07, 6.45) is 0.883. The van der Waals surface area contributed by atoms with E-state index < -0.39 is 0 Å². The van der Waals surface area contributed by atoms with Gasteiger partial charge in [0.2, 0.25) is 0 Å². The Morgan fingerprint density at radius 1 is 1.20 bits per heavy atom. The summed E-state index contributed by atoms with van der Waals surface area (Å²) >= 11 is 1.68. The smallest absolute Gasteiger partial charge is 0.129 e. The van der Waals surface area contributed by atoms with Crippen LogP contribution in [0, 0.1) is 0 Å². The first kappa shape index (κ1) is 15.3. The minimum absolute atomic E-state index is 0.0816. The largest absolute Gasteiger partial charge is 0.462 e. The van der Waals surface area contributed by atoms with E-state index in [0.29, 0.717) is 12.3 Å². The van der Waals surface area contributed by atoms with Crippen molar-refractivity contribution in [3.8, 4) is 0 Å². The van der Waals surface area contributed by atoms with Crippen LogP contribution >= 0.6 is 11.3 Å². The quantitative estimate of drug-likeness (QED) is 0.786. The third-order valence-corrected chi connectivity index (χ3v) is 4.13. The first-order valence-electron chi connectivity index (χ1n) is 6.81. The molecule has 2 aromatic rings. The van der Waals surface area contributed by atoms with E-state index in [1.807, 2.05) is 6.07 Å². The van der Waals surface area contributed by atoms with E-state index in [9.17, 15) is 5.11 Å². The Morgan fingerprint density at radius 2 is 2.00 bits per heavy atom. The lowest BCUT2D eigenvalue weighted by molar-refractivity contribution is 0.0986. The maximum atomic E-state index is 9.54.